The Morgan fingerprint density at radius 3 is 3.08 bits per heavy atom. The SMILES string of the molecule is CNc1cccc2c1COC(C)C2. The van der Waals surface area contributed by atoms with Gasteiger partial charge in [-0.25, -0.2) is 0 Å². The fourth-order valence-corrected chi connectivity index (χ4v) is 1.82. The molecule has 1 aromatic carbocycles. The molecule has 1 N–H and O–H groups in total. The highest BCUT2D eigenvalue weighted by molar-refractivity contribution is 5.54. The molecule has 0 aliphatic carbocycles. The zero-order valence-corrected chi connectivity index (χ0v) is 8.13. The van der Waals surface area contributed by atoms with Crippen molar-refractivity contribution in [3.8, 4) is 0 Å². The summed E-state index contributed by atoms with van der Waals surface area (Å²) in [6, 6.07) is 6.38. The quantitative estimate of drug-likeness (QED) is 0.710. The number of benzene rings is 1. The largest absolute Gasteiger partial charge is 0.388 e. The van der Waals surface area contributed by atoms with Crippen molar-refractivity contribution in [1.82, 2.24) is 0 Å². The molecule has 0 fully saturated rings. The summed E-state index contributed by atoms with van der Waals surface area (Å²) in [4.78, 5) is 0. The molecule has 1 aliphatic rings. The van der Waals surface area contributed by atoms with E-state index in [0.29, 0.717) is 6.10 Å². The third-order valence-corrected chi connectivity index (χ3v) is 2.56. The van der Waals surface area contributed by atoms with Crippen LogP contribution < -0.4 is 5.32 Å². The van der Waals surface area contributed by atoms with Gasteiger partial charge in [-0.3, -0.25) is 0 Å². The average Bonchev–Trinajstić information content (AvgIpc) is 2.16. The topological polar surface area (TPSA) is 21.3 Å². The van der Waals surface area contributed by atoms with E-state index in [4.69, 9.17) is 4.74 Å². The Morgan fingerprint density at radius 1 is 1.46 bits per heavy atom. The third-order valence-electron chi connectivity index (χ3n) is 2.56. The Balaban J connectivity index is 2.39. The first-order valence-corrected chi connectivity index (χ1v) is 4.71. The molecule has 2 heteroatoms. The first kappa shape index (κ1) is 8.57. The van der Waals surface area contributed by atoms with Crippen molar-refractivity contribution >= 4 is 5.69 Å². The lowest BCUT2D eigenvalue weighted by atomic mass is 9.98. The second-order valence-electron chi connectivity index (χ2n) is 3.52. The predicted molar refractivity (Wildman–Crippen MR) is 53.9 cm³/mol. The van der Waals surface area contributed by atoms with Crippen LogP contribution in [-0.4, -0.2) is 13.2 Å². The molecule has 0 saturated carbocycles. The lowest BCUT2D eigenvalue weighted by Crippen LogP contribution is -2.19. The van der Waals surface area contributed by atoms with Gasteiger partial charge in [-0.1, -0.05) is 12.1 Å². The number of ether oxygens (including phenoxy) is 1. The number of fused-ring (bicyclic) bond motifs is 1. The average molecular weight is 177 g/mol. The van der Waals surface area contributed by atoms with Crippen molar-refractivity contribution in [1.29, 1.82) is 0 Å². The van der Waals surface area contributed by atoms with Gasteiger partial charge in [-0.05, 0) is 25.0 Å². The van der Waals surface area contributed by atoms with Crippen molar-refractivity contribution in [2.24, 2.45) is 0 Å². The van der Waals surface area contributed by atoms with Crippen molar-refractivity contribution in [3.63, 3.8) is 0 Å². The van der Waals surface area contributed by atoms with Crippen molar-refractivity contribution < 1.29 is 4.74 Å². The minimum Gasteiger partial charge on any atom is -0.388 e. The maximum absolute atomic E-state index is 5.61. The molecule has 13 heavy (non-hydrogen) atoms. The van der Waals surface area contributed by atoms with E-state index in [2.05, 4.69) is 30.4 Å². The summed E-state index contributed by atoms with van der Waals surface area (Å²) in [6.45, 7) is 2.86. The molecule has 0 radical (unpaired) electrons. The van der Waals surface area contributed by atoms with Gasteiger partial charge in [-0.15, -0.1) is 0 Å². The van der Waals surface area contributed by atoms with E-state index >= 15 is 0 Å². The Kier molecular flexibility index (Phi) is 2.23. The Morgan fingerprint density at radius 2 is 2.31 bits per heavy atom. The highest BCUT2D eigenvalue weighted by Crippen LogP contribution is 2.26. The fraction of sp³-hybridized carbons (Fsp3) is 0.455. The van der Waals surface area contributed by atoms with Crippen LogP contribution in [0.3, 0.4) is 0 Å². The van der Waals surface area contributed by atoms with Crippen LogP contribution in [0.25, 0.3) is 0 Å². The molecule has 1 aliphatic heterocycles. The second-order valence-corrected chi connectivity index (χ2v) is 3.52. The summed E-state index contributed by atoms with van der Waals surface area (Å²) in [5.41, 5.74) is 3.94. The molecule has 70 valence electrons. The standard InChI is InChI=1S/C11H15NO/c1-8-6-9-4-3-5-11(12-2)10(9)7-13-8/h3-5,8,12H,6-7H2,1-2H3. The Hall–Kier alpha value is -1.02. The lowest BCUT2D eigenvalue weighted by molar-refractivity contribution is 0.0414. The molecule has 1 heterocycles. The predicted octanol–water partition coefficient (Wildman–Crippen LogP) is 2.19. The van der Waals surface area contributed by atoms with E-state index in [1.807, 2.05) is 7.05 Å². The molecule has 0 amide bonds. The van der Waals surface area contributed by atoms with Crippen molar-refractivity contribution in [3.05, 3.63) is 29.3 Å². The molecular formula is C11H15NO. The van der Waals surface area contributed by atoms with Gasteiger partial charge in [0.2, 0.25) is 0 Å². The molecule has 1 aromatic rings. The van der Waals surface area contributed by atoms with Gasteiger partial charge in [0.25, 0.3) is 0 Å². The van der Waals surface area contributed by atoms with Crippen molar-refractivity contribution in [2.45, 2.75) is 26.1 Å². The molecule has 2 nitrogen and oxygen atoms in total. The molecule has 0 aromatic heterocycles. The molecular weight excluding hydrogens is 162 g/mol. The van der Waals surface area contributed by atoms with Gasteiger partial charge in [-0.2, -0.15) is 0 Å². The van der Waals surface area contributed by atoms with Gasteiger partial charge >= 0.3 is 0 Å². The van der Waals surface area contributed by atoms with Crippen LogP contribution in [-0.2, 0) is 17.8 Å². The highest BCUT2D eigenvalue weighted by Gasteiger charge is 2.16. The zero-order valence-electron chi connectivity index (χ0n) is 8.13. The number of rotatable bonds is 1. The van der Waals surface area contributed by atoms with Gasteiger partial charge in [0.05, 0.1) is 12.7 Å². The monoisotopic (exact) mass is 177 g/mol. The second kappa shape index (κ2) is 3.38. The van der Waals surface area contributed by atoms with E-state index in [1.165, 1.54) is 16.8 Å². The Labute approximate surface area is 78.9 Å². The van der Waals surface area contributed by atoms with E-state index in [0.717, 1.165) is 13.0 Å². The minimum atomic E-state index is 0.361. The van der Waals surface area contributed by atoms with Gasteiger partial charge in [0.1, 0.15) is 0 Å². The number of hydrogen-bond acceptors (Lipinski definition) is 2. The van der Waals surface area contributed by atoms with Crippen LogP contribution >= 0.6 is 0 Å². The van der Waals surface area contributed by atoms with Gasteiger partial charge < -0.3 is 10.1 Å². The molecule has 0 bridgehead atoms. The van der Waals surface area contributed by atoms with Crippen LogP contribution in [0.2, 0.25) is 0 Å². The first-order valence-electron chi connectivity index (χ1n) is 4.71. The molecule has 1 atom stereocenters. The molecule has 2 rings (SSSR count). The fourth-order valence-electron chi connectivity index (χ4n) is 1.82. The van der Waals surface area contributed by atoms with E-state index in [-0.39, 0.29) is 0 Å². The summed E-state index contributed by atoms with van der Waals surface area (Å²) in [6.07, 6.45) is 1.39. The van der Waals surface area contributed by atoms with Crippen LogP contribution in [0.1, 0.15) is 18.1 Å². The summed E-state index contributed by atoms with van der Waals surface area (Å²) >= 11 is 0. The minimum absolute atomic E-state index is 0.361. The zero-order chi connectivity index (χ0) is 9.26. The lowest BCUT2D eigenvalue weighted by Gasteiger charge is -2.24. The maximum atomic E-state index is 5.61. The van der Waals surface area contributed by atoms with E-state index in [1.54, 1.807) is 0 Å². The number of anilines is 1. The van der Waals surface area contributed by atoms with Crippen LogP contribution in [0.15, 0.2) is 18.2 Å². The highest BCUT2D eigenvalue weighted by atomic mass is 16.5. The van der Waals surface area contributed by atoms with E-state index < -0.39 is 0 Å². The normalized spacial score (nSPS) is 20.9. The molecule has 1 unspecified atom stereocenters. The molecule has 0 saturated heterocycles. The number of hydrogen-bond donors (Lipinski definition) is 1. The van der Waals surface area contributed by atoms with E-state index in [9.17, 15) is 0 Å². The summed E-state index contributed by atoms with van der Waals surface area (Å²) in [5.74, 6) is 0. The van der Waals surface area contributed by atoms with Crippen LogP contribution in [0.5, 0.6) is 0 Å². The van der Waals surface area contributed by atoms with Gasteiger partial charge in [0.15, 0.2) is 0 Å². The third kappa shape index (κ3) is 1.54. The van der Waals surface area contributed by atoms with Crippen LogP contribution in [0, 0.1) is 0 Å². The Bertz CT molecular complexity index is 309. The van der Waals surface area contributed by atoms with Crippen molar-refractivity contribution in [2.75, 3.05) is 12.4 Å². The summed E-state index contributed by atoms with van der Waals surface area (Å²) in [7, 11) is 1.95. The first-order chi connectivity index (χ1) is 6.31. The number of nitrogens with one attached hydrogen (secondary N) is 1. The van der Waals surface area contributed by atoms with Crippen LogP contribution in [0.4, 0.5) is 5.69 Å². The summed E-state index contributed by atoms with van der Waals surface area (Å²) < 4.78 is 5.61. The van der Waals surface area contributed by atoms with Gasteiger partial charge in [0, 0.05) is 18.3 Å². The maximum Gasteiger partial charge on any atom is 0.0743 e. The smallest absolute Gasteiger partial charge is 0.0743 e. The summed E-state index contributed by atoms with van der Waals surface area (Å²) in [5, 5.41) is 3.19. The molecule has 0 spiro atoms.